The molecule has 2 N–H and O–H groups in total. The number of fused-ring (bicyclic) bond motifs is 1. The smallest absolute Gasteiger partial charge is 0.272 e. The van der Waals surface area contributed by atoms with E-state index in [1.165, 1.54) is 5.56 Å². The van der Waals surface area contributed by atoms with Crippen molar-refractivity contribution in [2.45, 2.75) is 40.0 Å². The maximum Gasteiger partial charge on any atom is 0.272 e. The van der Waals surface area contributed by atoms with Crippen molar-refractivity contribution < 1.29 is 9.53 Å². The Balaban J connectivity index is 1.28. The Morgan fingerprint density at radius 2 is 1.81 bits per heavy atom. The van der Waals surface area contributed by atoms with Crippen LogP contribution in [0.25, 0.3) is 11.1 Å². The molecule has 162 valence electrons. The molecule has 1 aliphatic rings. The highest BCUT2D eigenvalue weighted by Crippen LogP contribution is 2.37. The highest BCUT2D eigenvalue weighted by molar-refractivity contribution is 5.94. The van der Waals surface area contributed by atoms with Crippen LogP contribution in [0.2, 0.25) is 0 Å². The minimum Gasteiger partial charge on any atom is -0.492 e. The number of hydrogen-bond acceptors (Lipinski definition) is 3. The number of rotatable bonds is 6. The van der Waals surface area contributed by atoms with Crippen LogP contribution >= 0.6 is 0 Å². The van der Waals surface area contributed by atoms with Gasteiger partial charge in [-0.3, -0.25) is 9.89 Å². The first-order valence-electron chi connectivity index (χ1n) is 11.0. The molecule has 1 heterocycles. The molecule has 5 heteroatoms. The lowest BCUT2D eigenvalue weighted by atomic mass is 9.71. The topological polar surface area (TPSA) is 67.0 Å². The van der Waals surface area contributed by atoms with Crippen molar-refractivity contribution in [3.8, 4) is 16.9 Å². The van der Waals surface area contributed by atoms with Gasteiger partial charge in [-0.15, -0.1) is 0 Å². The molecule has 0 spiro atoms. The molecule has 0 bridgehead atoms. The fraction of sp³-hybridized carbons (Fsp3) is 0.385. The lowest BCUT2D eigenvalue weighted by molar-refractivity contribution is 0.0939. The number of ether oxygens (including phenoxy) is 1. The minimum atomic E-state index is -0.130. The second-order valence-corrected chi connectivity index (χ2v) is 9.33. The summed E-state index contributed by atoms with van der Waals surface area (Å²) in [5.74, 6) is 1.22. The molecule has 0 unspecified atom stereocenters. The van der Waals surface area contributed by atoms with Crippen LogP contribution < -0.4 is 10.1 Å². The lowest BCUT2D eigenvalue weighted by Crippen LogP contribution is -2.31. The summed E-state index contributed by atoms with van der Waals surface area (Å²) in [6.45, 7) is 7.65. The predicted molar refractivity (Wildman–Crippen MR) is 123 cm³/mol. The number of nitrogens with zero attached hydrogens (tertiary/aromatic N) is 1. The molecule has 1 atom stereocenters. The van der Waals surface area contributed by atoms with Crippen molar-refractivity contribution in [1.82, 2.24) is 15.5 Å². The maximum atomic E-state index is 12.7. The van der Waals surface area contributed by atoms with E-state index in [4.69, 9.17) is 4.74 Å². The molecule has 1 aliphatic carbocycles. The van der Waals surface area contributed by atoms with Gasteiger partial charge in [-0.25, -0.2) is 0 Å². The molecular weight excluding hydrogens is 386 g/mol. The number of H-pyrrole nitrogens is 1. The van der Waals surface area contributed by atoms with Crippen molar-refractivity contribution in [2.75, 3.05) is 13.2 Å². The molecule has 3 aromatic rings. The van der Waals surface area contributed by atoms with Crippen LogP contribution in [0.3, 0.4) is 0 Å². The van der Waals surface area contributed by atoms with Crippen molar-refractivity contribution in [1.29, 1.82) is 0 Å². The molecule has 0 fully saturated rings. The van der Waals surface area contributed by atoms with Crippen molar-refractivity contribution in [3.05, 3.63) is 71.5 Å². The fourth-order valence-electron chi connectivity index (χ4n) is 4.21. The third-order valence-electron chi connectivity index (χ3n) is 6.20. The van der Waals surface area contributed by atoms with Gasteiger partial charge in [-0.1, -0.05) is 63.2 Å². The monoisotopic (exact) mass is 417 g/mol. The largest absolute Gasteiger partial charge is 0.492 e. The summed E-state index contributed by atoms with van der Waals surface area (Å²) in [4.78, 5) is 12.7. The quantitative estimate of drug-likeness (QED) is 0.553. The first-order chi connectivity index (χ1) is 14.9. The molecule has 1 aromatic heterocycles. The van der Waals surface area contributed by atoms with E-state index in [0.29, 0.717) is 24.8 Å². The van der Waals surface area contributed by atoms with Crippen LogP contribution in [-0.2, 0) is 12.8 Å². The standard InChI is InChI=1S/C26H31N3O2/c1-26(2,3)20-11-14-23-22(17-20)24(29-28-23)25(30)27-15-16-31-21-12-9-19(10-13-21)18-7-5-4-6-8-18/h4-10,12-13,20H,11,14-17H2,1-3H3,(H,27,30)(H,28,29)/t20-/m1/s1. The molecule has 0 saturated heterocycles. The van der Waals surface area contributed by atoms with E-state index < -0.39 is 0 Å². The second kappa shape index (κ2) is 8.96. The Hall–Kier alpha value is -3.08. The molecule has 5 nitrogen and oxygen atoms in total. The van der Waals surface area contributed by atoms with Crippen LogP contribution in [-0.4, -0.2) is 29.3 Å². The Kier molecular flexibility index (Phi) is 6.12. The molecule has 4 rings (SSSR count). The number of carbonyl (C=O) groups is 1. The first-order valence-corrected chi connectivity index (χ1v) is 11.0. The Bertz CT molecular complexity index is 1020. The van der Waals surface area contributed by atoms with Gasteiger partial charge >= 0.3 is 0 Å². The summed E-state index contributed by atoms with van der Waals surface area (Å²) < 4.78 is 5.80. The zero-order valence-corrected chi connectivity index (χ0v) is 18.6. The average molecular weight is 418 g/mol. The lowest BCUT2D eigenvalue weighted by Gasteiger charge is -2.33. The van der Waals surface area contributed by atoms with Gasteiger partial charge in [-0.05, 0) is 53.9 Å². The normalized spacial score (nSPS) is 15.9. The highest BCUT2D eigenvalue weighted by Gasteiger charge is 2.32. The van der Waals surface area contributed by atoms with E-state index in [1.54, 1.807) is 0 Å². The summed E-state index contributed by atoms with van der Waals surface area (Å²) in [6, 6.07) is 18.3. The van der Waals surface area contributed by atoms with Gasteiger partial charge in [-0.2, -0.15) is 5.10 Å². The number of amides is 1. The molecule has 0 saturated carbocycles. The third-order valence-corrected chi connectivity index (χ3v) is 6.20. The second-order valence-electron chi connectivity index (χ2n) is 9.33. The number of hydrogen-bond donors (Lipinski definition) is 2. The summed E-state index contributed by atoms with van der Waals surface area (Å²) in [7, 11) is 0. The van der Waals surface area contributed by atoms with E-state index in [1.807, 2.05) is 42.5 Å². The summed E-state index contributed by atoms with van der Waals surface area (Å²) in [5, 5.41) is 10.3. The molecular formula is C26H31N3O2. The van der Waals surface area contributed by atoms with E-state index in [2.05, 4.69) is 48.4 Å². The molecule has 1 amide bonds. The molecule has 0 aliphatic heterocycles. The van der Waals surface area contributed by atoms with Crippen LogP contribution in [0, 0.1) is 11.3 Å². The van der Waals surface area contributed by atoms with Crippen LogP contribution in [0.1, 0.15) is 48.9 Å². The number of aromatic nitrogens is 2. The van der Waals surface area contributed by atoms with Crippen molar-refractivity contribution in [2.24, 2.45) is 11.3 Å². The SMILES string of the molecule is CC(C)(C)[C@@H]1CCc2[nH]nc(C(=O)NCCOc3ccc(-c4ccccc4)cc3)c2C1. The number of carbonyl (C=O) groups excluding carboxylic acids is 1. The van der Waals surface area contributed by atoms with Gasteiger partial charge in [0.2, 0.25) is 0 Å². The van der Waals surface area contributed by atoms with Crippen molar-refractivity contribution >= 4 is 5.91 Å². The minimum absolute atomic E-state index is 0.130. The van der Waals surface area contributed by atoms with Gasteiger partial charge < -0.3 is 10.1 Å². The van der Waals surface area contributed by atoms with E-state index in [0.717, 1.165) is 41.8 Å². The highest BCUT2D eigenvalue weighted by atomic mass is 16.5. The van der Waals surface area contributed by atoms with E-state index in [9.17, 15) is 4.79 Å². The maximum absolute atomic E-state index is 12.7. The number of nitrogens with one attached hydrogen (secondary N) is 2. The average Bonchev–Trinajstić information content (AvgIpc) is 3.20. The summed E-state index contributed by atoms with van der Waals surface area (Å²) >= 11 is 0. The predicted octanol–water partition coefficient (Wildman–Crippen LogP) is 5.04. The third kappa shape index (κ3) is 4.98. The number of benzene rings is 2. The molecule has 2 aromatic carbocycles. The van der Waals surface area contributed by atoms with Gasteiger partial charge in [0, 0.05) is 11.3 Å². The van der Waals surface area contributed by atoms with Gasteiger partial charge in [0.05, 0.1) is 6.54 Å². The van der Waals surface area contributed by atoms with Crippen LogP contribution in [0.15, 0.2) is 54.6 Å². The van der Waals surface area contributed by atoms with Crippen molar-refractivity contribution in [3.63, 3.8) is 0 Å². The Morgan fingerprint density at radius 1 is 1.10 bits per heavy atom. The summed E-state index contributed by atoms with van der Waals surface area (Å²) in [5.41, 5.74) is 5.29. The number of aromatic amines is 1. The number of aryl methyl sites for hydroxylation is 1. The first kappa shape index (κ1) is 21.2. The summed E-state index contributed by atoms with van der Waals surface area (Å²) in [6.07, 6.45) is 3.00. The van der Waals surface area contributed by atoms with Gasteiger partial charge in [0.25, 0.3) is 5.91 Å². The Labute approximate surface area is 184 Å². The molecule has 31 heavy (non-hydrogen) atoms. The molecule has 0 radical (unpaired) electrons. The zero-order chi connectivity index (χ0) is 21.8. The van der Waals surface area contributed by atoms with Gasteiger partial charge in [0.1, 0.15) is 12.4 Å². The van der Waals surface area contributed by atoms with Crippen LogP contribution in [0.5, 0.6) is 5.75 Å². The van der Waals surface area contributed by atoms with E-state index >= 15 is 0 Å². The van der Waals surface area contributed by atoms with Crippen LogP contribution in [0.4, 0.5) is 0 Å². The Morgan fingerprint density at radius 3 is 2.52 bits per heavy atom. The zero-order valence-electron chi connectivity index (χ0n) is 18.6. The van der Waals surface area contributed by atoms with E-state index in [-0.39, 0.29) is 11.3 Å². The van der Waals surface area contributed by atoms with Gasteiger partial charge in [0.15, 0.2) is 5.69 Å². The fourth-order valence-corrected chi connectivity index (χ4v) is 4.21.